The molecule has 0 radical (unpaired) electrons. The number of pyridine rings is 1. The third-order valence-electron chi connectivity index (χ3n) is 2.89. The van der Waals surface area contributed by atoms with E-state index in [1.165, 1.54) is 10.6 Å². The van der Waals surface area contributed by atoms with E-state index in [4.69, 9.17) is 10.2 Å². The first-order valence-electron chi connectivity index (χ1n) is 5.79. The van der Waals surface area contributed by atoms with Gasteiger partial charge in [-0.3, -0.25) is 4.79 Å². The zero-order chi connectivity index (χ0) is 14.9. The molecule has 0 aliphatic carbocycles. The summed E-state index contributed by atoms with van der Waals surface area (Å²) >= 11 is 0. The number of aromatic carboxylic acids is 1. The van der Waals surface area contributed by atoms with Crippen molar-refractivity contribution < 1.29 is 24.5 Å². The van der Waals surface area contributed by atoms with E-state index in [0.29, 0.717) is 0 Å². The number of carboxylic acid groups (broad SMARTS) is 1. The van der Waals surface area contributed by atoms with Crippen LogP contribution in [0.25, 0.3) is 10.9 Å². The van der Waals surface area contributed by atoms with E-state index in [-0.39, 0.29) is 17.4 Å². The van der Waals surface area contributed by atoms with E-state index in [0.717, 1.165) is 18.3 Å². The maximum absolute atomic E-state index is 13.2. The van der Waals surface area contributed by atoms with Gasteiger partial charge in [0.25, 0.3) is 0 Å². The maximum atomic E-state index is 13.2. The zero-order valence-electron chi connectivity index (χ0n) is 10.3. The Morgan fingerprint density at radius 3 is 2.70 bits per heavy atom. The number of rotatable bonds is 4. The van der Waals surface area contributed by atoms with Crippen molar-refractivity contribution >= 4 is 16.9 Å². The molecular weight excluding hydrogens is 269 g/mol. The fourth-order valence-corrected chi connectivity index (χ4v) is 1.96. The van der Waals surface area contributed by atoms with E-state index < -0.39 is 35.5 Å². The minimum atomic E-state index is -1.44. The minimum Gasteiger partial charge on any atom is -0.477 e. The van der Waals surface area contributed by atoms with Crippen LogP contribution in [0.1, 0.15) is 10.4 Å². The van der Waals surface area contributed by atoms with Crippen molar-refractivity contribution in [2.75, 3.05) is 6.61 Å². The van der Waals surface area contributed by atoms with Gasteiger partial charge in [0.05, 0.1) is 24.8 Å². The van der Waals surface area contributed by atoms with Gasteiger partial charge in [0.15, 0.2) is 0 Å². The second kappa shape index (κ2) is 5.40. The number of benzene rings is 1. The topological polar surface area (TPSA) is 99.8 Å². The molecule has 0 saturated carbocycles. The number of hydrogen-bond acceptors (Lipinski definition) is 4. The molecule has 3 N–H and O–H groups in total. The molecule has 1 unspecified atom stereocenters. The van der Waals surface area contributed by atoms with E-state index in [1.807, 2.05) is 0 Å². The largest absolute Gasteiger partial charge is 0.477 e. The molecule has 106 valence electrons. The number of aromatic nitrogens is 1. The fourth-order valence-electron chi connectivity index (χ4n) is 1.96. The van der Waals surface area contributed by atoms with Gasteiger partial charge in [-0.15, -0.1) is 0 Å². The minimum absolute atomic E-state index is 0.0879. The lowest BCUT2D eigenvalue weighted by molar-refractivity contribution is 0.0691. The summed E-state index contributed by atoms with van der Waals surface area (Å²) in [5, 5.41) is 27.2. The summed E-state index contributed by atoms with van der Waals surface area (Å²) in [5.41, 5.74) is -1.02. The normalized spacial score (nSPS) is 12.6. The van der Waals surface area contributed by atoms with Crippen LogP contribution in [0.4, 0.5) is 4.39 Å². The number of aliphatic hydroxyl groups is 2. The Morgan fingerprint density at radius 2 is 2.10 bits per heavy atom. The highest BCUT2D eigenvalue weighted by Gasteiger charge is 2.16. The second-order valence-corrected chi connectivity index (χ2v) is 4.33. The molecule has 20 heavy (non-hydrogen) atoms. The Balaban J connectivity index is 2.76. The number of carbonyl (C=O) groups is 1. The Labute approximate surface area is 112 Å². The Hall–Kier alpha value is -2.25. The van der Waals surface area contributed by atoms with Crippen molar-refractivity contribution in [2.24, 2.45) is 0 Å². The smallest absolute Gasteiger partial charge is 0.341 e. The standard InChI is InChI=1S/C13H12FNO5/c14-7-1-2-11-9(3-7)12(18)10(13(19)20)5-15(11)4-8(17)6-16/h1-3,5,8,16-17H,4,6H2,(H,19,20). The van der Waals surface area contributed by atoms with Gasteiger partial charge < -0.3 is 19.9 Å². The maximum Gasteiger partial charge on any atom is 0.341 e. The molecule has 0 aliphatic rings. The molecule has 0 bridgehead atoms. The molecule has 1 aromatic heterocycles. The summed E-state index contributed by atoms with van der Waals surface area (Å²) in [4.78, 5) is 23.0. The second-order valence-electron chi connectivity index (χ2n) is 4.33. The third kappa shape index (κ3) is 2.54. The molecule has 2 aromatic rings. The number of halogens is 1. The van der Waals surface area contributed by atoms with Gasteiger partial charge in [-0.2, -0.15) is 0 Å². The Morgan fingerprint density at radius 1 is 1.40 bits per heavy atom. The average Bonchev–Trinajstić information content (AvgIpc) is 2.41. The summed E-state index contributed by atoms with van der Waals surface area (Å²) in [6.07, 6.45) is -0.0449. The van der Waals surface area contributed by atoms with Crippen LogP contribution >= 0.6 is 0 Å². The molecule has 1 atom stereocenters. The number of carboxylic acids is 1. The van der Waals surface area contributed by atoms with E-state index >= 15 is 0 Å². The van der Waals surface area contributed by atoms with Crippen LogP contribution in [0.15, 0.2) is 29.2 Å². The molecule has 0 spiro atoms. The van der Waals surface area contributed by atoms with Crippen molar-refractivity contribution in [2.45, 2.75) is 12.6 Å². The first kappa shape index (κ1) is 14.2. The van der Waals surface area contributed by atoms with Crippen molar-refractivity contribution in [3.8, 4) is 0 Å². The van der Waals surface area contributed by atoms with Crippen LogP contribution in [-0.4, -0.2) is 38.6 Å². The van der Waals surface area contributed by atoms with Gasteiger partial charge in [0.2, 0.25) is 5.43 Å². The molecule has 7 heteroatoms. The lowest BCUT2D eigenvalue weighted by Crippen LogP contribution is -2.24. The number of fused-ring (bicyclic) bond motifs is 1. The van der Waals surface area contributed by atoms with Crippen LogP contribution in [0, 0.1) is 5.82 Å². The molecule has 0 fully saturated rings. The summed E-state index contributed by atoms with van der Waals surface area (Å²) < 4.78 is 14.5. The molecule has 2 rings (SSSR count). The van der Waals surface area contributed by atoms with Crippen LogP contribution in [0.2, 0.25) is 0 Å². The number of aliphatic hydroxyl groups excluding tert-OH is 2. The van der Waals surface area contributed by atoms with E-state index in [9.17, 15) is 19.1 Å². The first-order valence-corrected chi connectivity index (χ1v) is 5.79. The van der Waals surface area contributed by atoms with Crippen LogP contribution in [0.5, 0.6) is 0 Å². The van der Waals surface area contributed by atoms with Gasteiger partial charge in [-0.25, -0.2) is 9.18 Å². The SMILES string of the molecule is O=C(O)c1cn(CC(O)CO)c2ccc(F)cc2c1=O. The van der Waals surface area contributed by atoms with Gasteiger partial charge in [0, 0.05) is 11.6 Å². The summed E-state index contributed by atoms with van der Waals surface area (Å²) in [6.45, 7) is -0.629. The van der Waals surface area contributed by atoms with E-state index in [2.05, 4.69) is 0 Å². The molecule has 0 saturated heterocycles. The van der Waals surface area contributed by atoms with Gasteiger partial charge in [-0.1, -0.05) is 0 Å². The quantitative estimate of drug-likeness (QED) is 0.743. The van der Waals surface area contributed by atoms with Crippen molar-refractivity contribution in [3.05, 3.63) is 46.0 Å². The highest BCUT2D eigenvalue weighted by molar-refractivity contribution is 5.92. The van der Waals surface area contributed by atoms with E-state index in [1.54, 1.807) is 0 Å². The predicted molar refractivity (Wildman–Crippen MR) is 68.2 cm³/mol. The summed E-state index contributed by atoms with van der Waals surface area (Å²) in [5.74, 6) is -2.10. The number of hydrogen-bond donors (Lipinski definition) is 3. The van der Waals surface area contributed by atoms with Crippen LogP contribution in [0.3, 0.4) is 0 Å². The number of nitrogens with zero attached hydrogens (tertiary/aromatic N) is 1. The van der Waals surface area contributed by atoms with Gasteiger partial charge in [-0.05, 0) is 18.2 Å². The van der Waals surface area contributed by atoms with Gasteiger partial charge >= 0.3 is 5.97 Å². The Kier molecular flexibility index (Phi) is 3.82. The molecular formula is C13H12FNO5. The van der Waals surface area contributed by atoms with Crippen molar-refractivity contribution in [1.29, 1.82) is 0 Å². The summed E-state index contributed by atoms with van der Waals surface area (Å²) in [7, 11) is 0. The highest BCUT2D eigenvalue weighted by Crippen LogP contribution is 2.14. The van der Waals surface area contributed by atoms with Crippen molar-refractivity contribution in [1.82, 2.24) is 4.57 Å². The Bertz CT molecular complexity index is 725. The average molecular weight is 281 g/mol. The van der Waals surface area contributed by atoms with Crippen LogP contribution in [-0.2, 0) is 6.54 Å². The molecule has 0 amide bonds. The lowest BCUT2D eigenvalue weighted by Gasteiger charge is -2.15. The zero-order valence-corrected chi connectivity index (χ0v) is 10.3. The predicted octanol–water partition coefficient (Wildman–Crippen LogP) is 0.192. The summed E-state index contributed by atoms with van der Waals surface area (Å²) in [6, 6.07) is 3.40. The lowest BCUT2D eigenvalue weighted by atomic mass is 10.1. The molecule has 1 aromatic carbocycles. The fraction of sp³-hybridized carbons (Fsp3) is 0.231. The van der Waals surface area contributed by atoms with Crippen molar-refractivity contribution in [3.63, 3.8) is 0 Å². The van der Waals surface area contributed by atoms with Gasteiger partial charge in [0.1, 0.15) is 11.4 Å². The first-order chi connectivity index (χ1) is 9.43. The molecule has 1 heterocycles. The highest BCUT2D eigenvalue weighted by atomic mass is 19.1. The molecule has 6 nitrogen and oxygen atoms in total. The monoisotopic (exact) mass is 281 g/mol. The molecule has 0 aliphatic heterocycles. The third-order valence-corrected chi connectivity index (χ3v) is 2.89. The van der Waals surface area contributed by atoms with Crippen LogP contribution < -0.4 is 5.43 Å².